The van der Waals surface area contributed by atoms with Crippen molar-refractivity contribution in [2.24, 2.45) is 17.8 Å². The molecule has 0 heterocycles. The Balaban J connectivity index is 4.21. The molecule has 0 aliphatic heterocycles. The van der Waals surface area contributed by atoms with E-state index in [4.69, 9.17) is 6.42 Å². The van der Waals surface area contributed by atoms with E-state index in [2.05, 4.69) is 62.3 Å². The van der Waals surface area contributed by atoms with Crippen LogP contribution in [0.2, 0.25) is 0 Å². The van der Waals surface area contributed by atoms with Crippen LogP contribution in [0, 0.1) is 30.1 Å². The predicted molar refractivity (Wildman–Crippen MR) is 64.1 cm³/mol. The fraction of sp³-hybridized carbons (Fsp3) is 0.636. The summed E-state index contributed by atoms with van der Waals surface area (Å²) in [4.78, 5) is 0. The minimum Gasteiger partial charge on any atom is -0.120 e. The second-order valence-corrected chi connectivity index (χ2v) is 5.13. The second-order valence-electron chi connectivity index (χ2n) is 3.43. The third-order valence-electron chi connectivity index (χ3n) is 2.37. The first-order valence-electron chi connectivity index (χ1n) is 4.29. The molecule has 1 heteroatoms. The number of rotatable bonds is 3. The molecule has 0 aliphatic rings. The van der Waals surface area contributed by atoms with E-state index in [0.29, 0.717) is 17.8 Å². The molecule has 0 aliphatic carbocycles. The van der Waals surface area contributed by atoms with Gasteiger partial charge in [0.25, 0.3) is 0 Å². The van der Waals surface area contributed by atoms with Gasteiger partial charge in [0.15, 0.2) is 0 Å². The lowest BCUT2D eigenvalue weighted by Crippen LogP contribution is -2.13. The van der Waals surface area contributed by atoms with Crippen LogP contribution in [0.4, 0.5) is 0 Å². The van der Waals surface area contributed by atoms with Gasteiger partial charge >= 0.3 is 0 Å². The first-order valence-corrected chi connectivity index (χ1v) is 5.37. The average molecular weight is 276 g/mol. The van der Waals surface area contributed by atoms with Crippen molar-refractivity contribution in [1.82, 2.24) is 0 Å². The maximum atomic E-state index is 5.37. The van der Waals surface area contributed by atoms with Crippen molar-refractivity contribution in [3.05, 3.63) is 9.66 Å². The molecule has 0 spiro atoms. The molecule has 68 valence electrons. The fourth-order valence-electron chi connectivity index (χ4n) is 1.12. The molecule has 0 nitrogen and oxygen atoms in total. The van der Waals surface area contributed by atoms with E-state index < -0.39 is 0 Å². The van der Waals surface area contributed by atoms with E-state index in [1.807, 2.05) is 0 Å². The highest BCUT2D eigenvalue weighted by Crippen LogP contribution is 2.23. The van der Waals surface area contributed by atoms with Crippen LogP contribution in [0.3, 0.4) is 0 Å². The molecule has 0 fully saturated rings. The molecule has 0 bridgehead atoms. The number of allylic oxidation sites excluding steroid dienone is 2. The Bertz CT molecular complexity index is 194. The standard InChI is InChI=1S/C11H17I/c1-6-8(2)11(5)9(3)7-10(4)12/h1,7-9,11H,2-5H3/b10-7+/t8-,9+,11-/m1/s1. The third kappa shape index (κ3) is 4.15. The van der Waals surface area contributed by atoms with Crippen LogP contribution in [-0.4, -0.2) is 0 Å². The molecule has 0 radical (unpaired) electrons. The monoisotopic (exact) mass is 276 g/mol. The van der Waals surface area contributed by atoms with Crippen molar-refractivity contribution in [3.63, 3.8) is 0 Å². The molecule has 0 saturated heterocycles. The maximum absolute atomic E-state index is 5.37. The summed E-state index contributed by atoms with van der Waals surface area (Å²) in [6.45, 7) is 8.66. The van der Waals surface area contributed by atoms with E-state index in [0.717, 1.165) is 0 Å². The zero-order valence-electron chi connectivity index (χ0n) is 8.26. The number of hydrogen-bond donors (Lipinski definition) is 0. The van der Waals surface area contributed by atoms with Crippen LogP contribution >= 0.6 is 22.6 Å². The Morgan fingerprint density at radius 3 is 2.25 bits per heavy atom. The molecule has 12 heavy (non-hydrogen) atoms. The summed E-state index contributed by atoms with van der Waals surface area (Å²) < 4.78 is 1.34. The summed E-state index contributed by atoms with van der Waals surface area (Å²) in [5, 5.41) is 0. The van der Waals surface area contributed by atoms with Gasteiger partial charge in [0.1, 0.15) is 0 Å². The van der Waals surface area contributed by atoms with Gasteiger partial charge in [-0.2, -0.15) is 0 Å². The highest BCUT2D eigenvalue weighted by molar-refractivity contribution is 14.1. The van der Waals surface area contributed by atoms with Crippen molar-refractivity contribution in [3.8, 4) is 12.3 Å². The summed E-state index contributed by atoms with van der Waals surface area (Å²) >= 11 is 2.34. The summed E-state index contributed by atoms with van der Waals surface area (Å²) in [6.07, 6.45) is 7.65. The van der Waals surface area contributed by atoms with Gasteiger partial charge < -0.3 is 0 Å². The Labute approximate surface area is 90.0 Å². The van der Waals surface area contributed by atoms with Crippen molar-refractivity contribution in [1.29, 1.82) is 0 Å². The number of terminal acetylenes is 1. The minimum absolute atomic E-state index is 0.368. The zero-order chi connectivity index (χ0) is 9.72. The summed E-state index contributed by atoms with van der Waals surface area (Å²) in [5.41, 5.74) is 0. The van der Waals surface area contributed by atoms with Crippen LogP contribution in [-0.2, 0) is 0 Å². The van der Waals surface area contributed by atoms with Crippen LogP contribution in [0.1, 0.15) is 27.7 Å². The molecular formula is C11H17I. The SMILES string of the molecule is C#C[C@@H](C)[C@@H](C)[C@@H](C)/C=C(\C)I. The highest BCUT2D eigenvalue weighted by Gasteiger charge is 2.15. The molecule has 0 aromatic carbocycles. The number of halogens is 1. The van der Waals surface area contributed by atoms with Gasteiger partial charge in [-0.1, -0.05) is 26.8 Å². The smallest absolute Gasteiger partial charge is 0.0203 e. The fourth-order valence-corrected chi connectivity index (χ4v) is 1.69. The summed E-state index contributed by atoms with van der Waals surface area (Å²) in [5.74, 6) is 4.30. The number of hydrogen-bond acceptors (Lipinski definition) is 0. The minimum atomic E-state index is 0.368. The molecule has 0 unspecified atom stereocenters. The van der Waals surface area contributed by atoms with Crippen molar-refractivity contribution in [2.45, 2.75) is 27.7 Å². The summed E-state index contributed by atoms with van der Waals surface area (Å²) in [7, 11) is 0. The summed E-state index contributed by atoms with van der Waals surface area (Å²) in [6, 6.07) is 0. The molecule has 0 aromatic rings. The van der Waals surface area contributed by atoms with Crippen molar-refractivity contribution >= 4 is 22.6 Å². The van der Waals surface area contributed by atoms with E-state index in [9.17, 15) is 0 Å². The molecule has 0 rings (SSSR count). The van der Waals surface area contributed by atoms with E-state index in [1.165, 1.54) is 3.58 Å². The lowest BCUT2D eigenvalue weighted by molar-refractivity contribution is 0.381. The molecule has 0 N–H and O–H groups in total. The Morgan fingerprint density at radius 2 is 1.92 bits per heavy atom. The van der Waals surface area contributed by atoms with Crippen molar-refractivity contribution in [2.75, 3.05) is 0 Å². The molecule has 3 atom stereocenters. The van der Waals surface area contributed by atoms with Crippen LogP contribution in [0.25, 0.3) is 0 Å². The van der Waals surface area contributed by atoms with Crippen LogP contribution < -0.4 is 0 Å². The lowest BCUT2D eigenvalue weighted by Gasteiger charge is -2.19. The Kier molecular flexibility index (Phi) is 5.65. The van der Waals surface area contributed by atoms with E-state index in [1.54, 1.807) is 0 Å². The Morgan fingerprint density at radius 1 is 1.42 bits per heavy atom. The first-order chi connectivity index (χ1) is 5.49. The molecule has 0 amide bonds. The van der Waals surface area contributed by atoms with Gasteiger partial charge in [0.05, 0.1) is 0 Å². The van der Waals surface area contributed by atoms with Crippen LogP contribution in [0.15, 0.2) is 9.66 Å². The molecule has 0 aromatic heterocycles. The molecule has 0 saturated carbocycles. The second kappa shape index (κ2) is 5.64. The molecular weight excluding hydrogens is 259 g/mol. The van der Waals surface area contributed by atoms with Gasteiger partial charge in [0, 0.05) is 5.92 Å². The van der Waals surface area contributed by atoms with Gasteiger partial charge in [-0.15, -0.1) is 12.3 Å². The third-order valence-corrected chi connectivity index (χ3v) is 2.73. The largest absolute Gasteiger partial charge is 0.120 e. The van der Waals surface area contributed by atoms with Crippen LogP contribution in [0.5, 0.6) is 0 Å². The quantitative estimate of drug-likeness (QED) is 0.542. The van der Waals surface area contributed by atoms with Gasteiger partial charge in [-0.05, 0) is 44.9 Å². The van der Waals surface area contributed by atoms with Gasteiger partial charge in [0.2, 0.25) is 0 Å². The van der Waals surface area contributed by atoms with Crippen molar-refractivity contribution < 1.29 is 0 Å². The van der Waals surface area contributed by atoms with Gasteiger partial charge in [-0.25, -0.2) is 0 Å². The predicted octanol–water partition coefficient (Wildman–Crippen LogP) is 3.87. The topological polar surface area (TPSA) is 0 Å². The van der Waals surface area contributed by atoms with E-state index >= 15 is 0 Å². The zero-order valence-corrected chi connectivity index (χ0v) is 10.4. The van der Waals surface area contributed by atoms with E-state index in [-0.39, 0.29) is 0 Å². The van der Waals surface area contributed by atoms with Gasteiger partial charge in [-0.3, -0.25) is 0 Å². The maximum Gasteiger partial charge on any atom is 0.0203 e. The highest BCUT2D eigenvalue weighted by atomic mass is 127. The normalized spacial score (nSPS) is 19.5. The average Bonchev–Trinajstić information content (AvgIpc) is 2.00. The Hall–Kier alpha value is 0.0300. The lowest BCUT2D eigenvalue weighted by atomic mass is 9.85. The first kappa shape index (κ1) is 12.0.